The fraction of sp³-hybridized carbons (Fsp3) is 0.300. The number of aldehydes is 1. The van der Waals surface area contributed by atoms with Crippen molar-refractivity contribution >= 4 is 6.29 Å². The lowest BCUT2D eigenvalue weighted by atomic mass is 10.1. The van der Waals surface area contributed by atoms with Gasteiger partial charge in [-0.2, -0.15) is 0 Å². The number of carbonyl (C=O) groups excluding carboxylic acids is 1. The molecule has 1 nitrogen and oxygen atoms in total. The lowest BCUT2D eigenvalue weighted by Gasteiger charge is -2.02. The number of benzene rings is 1. The standard InChI is InChI=1S/C10H10F2O/c1-7-9(11)5-8(3-2-4-13)6-10(7)12/h4-6H,2-3H2,1H3. The molecular formula is C10H10F2O. The lowest BCUT2D eigenvalue weighted by molar-refractivity contribution is -0.107. The van der Waals surface area contributed by atoms with Crippen LogP contribution < -0.4 is 0 Å². The lowest BCUT2D eigenvalue weighted by Crippen LogP contribution is -1.94. The first kappa shape index (κ1) is 9.84. The van der Waals surface area contributed by atoms with Gasteiger partial charge in [-0.1, -0.05) is 0 Å². The second-order valence-electron chi connectivity index (χ2n) is 2.89. The third kappa shape index (κ3) is 2.34. The van der Waals surface area contributed by atoms with E-state index in [0.717, 1.165) is 6.29 Å². The second kappa shape index (κ2) is 4.12. The molecule has 0 heterocycles. The minimum absolute atomic E-state index is 0.0230. The highest BCUT2D eigenvalue weighted by Gasteiger charge is 2.05. The van der Waals surface area contributed by atoms with E-state index in [1.54, 1.807) is 0 Å². The Balaban J connectivity index is 2.92. The smallest absolute Gasteiger partial charge is 0.129 e. The van der Waals surface area contributed by atoms with Gasteiger partial charge in [0.2, 0.25) is 0 Å². The SMILES string of the molecule is Cc1c(F)cc(CCC=O)cc1F. The fourth-order valence-corrected chi connectivity index (χ4v) is 1.07. The van der Waals surface area contributed by atoms with Crippen molar-refractivity contribution in [2.45, 2.75) is 19.8 Å². The van der Waals surface area contributed by atoms with Crippen LogP contribution in [0.2, 0.25) is 0 Å². The van der Waals surface area contributed by atoms with Crippen molar-refractivity contribution in [3.05, 3.63) is 34.9 Å². The first-order valence-corrected chi connectivity index (χ1v) is 4.03. The van der Waals surface area contributed by atoms with Gasteiger partial charge in [0, 0.05) is 12.0 Å². The summed E-state index contributed by atoms with van der Waals surface area (Å²) in [6.45, 7) is 1.38. The molecule has 0 aliphatic rings. The van der Waals surface area contributed by atoms with Gasteiger partial charge in [-0.15, -0.1) is 0 Å². The first-order chi connectivity index (χ1) is 6.15. The molecule has 0 unspecified atom stereocenters. The number of halogens is 2. The zero-order valence-corrected chi connectivity index (χ0v) is 7.31. The number of rotatable bonds is 3. The summed E-state index contributed by atoms with van der Waals surface area (Å²) in [7, 11) is 0. The molecule has 0 amide bonds. The predicted molar refractivity (Wildman–Crippen MR) is 45.5 cm³/mol. The van der Waals surface area contributed by atoms with E-state index in [1.165, 1.54) is 19.1 Å². The van der Waals surface area contributed by atoms with Crippen LogP contribution in [0.15, 0.2) is 12.1 Å². The maximum Gasteiger partial charge on any atom is 0.129 e. The van der Waals surface area contributed by atoms with Gasteiger partial charge < -0.3 is 4.79 Å². The molecule has 1 aromatic carbocycles. The molecule has 0 N–H and O–H groups in total. The van der Waals surface area contributed by atoms with E-state index in [4.69, 9.17) is 0 Å². The van der Waals surface area contributed by atoms with Crippen molar-refractivity contribution < 1.29 is 13.6 Å². The van der Waals surface area contributed by atoms with Crippen molar-refractivity contribution in [1.29, 1.82) is 0 Å². The summed E-state index contributed by atoms with van der Waals surface area (Å²) in [6.07, 6.45) is 1.41. The van der Waals surface area contributed by atoms with E-state index < -0.39 is 11.6 Å². The molecule has 1 rings (SSSR count). The van der Waals surface area contributed by atoms with Gasteiger partial charge in [0.25, 0.3) is 0 Å². The Morgan fingerprint density at radius 3 is 2.31 bits per heavy atom. The van der Waals surface area contributed by atoms with Crippen LogP contribution >= 0.6 is 0 Å². The molecule has 0 saturated heterocycles. The Kier molecular flexibility index (Phi) is 3.12. The molecule has 0 bridgehead atoms. The van der Waals surface area contributed by atoms with E-state index in [2.05, 4.69) is 0 Å². The maximum atomic E-state index is 12.9. The van der Waals surface area contributed by atoms with Crippen LogP contribution in [0.1, 0.15) is 17.5 Å². The summed E-state index contributed by atoms with van der Waals surface area (Å²) in [6, 6.07) is 2.53. The zero-order chi connectivity index (χ0) is 9.84. The van der Waals surface area contributed by atoms with Crippen LogP contribution in [-0.2, 0) is 11.2 Å². The Labute approximate surface area is 75.4 Å². The normalized spacial score (nSPS) is 10.1. The highest BCUT2D eigenvalue weighted by Crippen LogP contribution is 2.14. The molecule has 0 aromatic heterocycles. The Morgan fingerprint density at radius 1 is 1.31 bits per heavy atom. The van der Waals surface area contributed by atoms with Crippen molar-refractivity contribution in [1.82, 2.24) is 0 Å². The monoisotopic (exact) mass is 184 g/mol. The summed E-state index contributed by atoms with van der Waals surface area (Å²) < 4.78 is 25.9. The summed E-state index contributed by atoms with van der Waals surface area (Å²) >= 11 is 0. The minimum Gasteiger partial charge on any atom is -0.303 e. The third-order valence-electron chi connectivity index (χ3n) is 1.89. The maximum absolute atomic E-state index is 12.9. The van der Waals surface area contributed by atoms with Crippen LogP contribution in [0, 0.1) is 18.6 Å². The molecule has 1 aromatic rings. The van der Waals surface area contributed by atoms with E-state index in [0.29, 0.717) is 18.4 Å². The van der Waals surface area contributed by atoms with Crippen molar-refractivity contribution in [3.8, 4) is 0 Å². The summed E-state index contributed by atoms with van der Waals surface area (Å²) in [5, 5.41) is 0. The second-order valence-corrected chi connectivity index (χ2v) is 2.89. The zero-order valence-electron chi connectivity index (χ0n) is 7.31. The average Bonchev–Trinajstić information content (AvgIpc) is 2.10. The third-order valence-corrected chi connectivity index (χ3v) is 1.89. The molecule has 0 radical (unpaired) electrons. The van der Waals surface area contributed by atoms with Crippen molar-refractivity contribution in [2.75, 3.05) is 0 Å². The van der Waals surface area contributed by atoms with Gasteiger partial charge in [-0.3, -0.25) is 0 Å². The highest BCUT2D eigenvalue weighted by atomic mass is 19.1. The first-order valence-electron chi connectivity index (χ1n) is 4.03. The quantitative estimate of drug-likeness (QED) is 0.659. The van der Waals surface area contributed by atoms with Crippen molar-refractivity contribution in [3.63, 3.8) is 0 Å². The number of aryl methyl sites for hydroxylation is 1. The van der Waals surface area contributed by atoms with Gasteiger partial charge in [0.1, 0.15) is 17.9 Å². The van der Waals surface area contributed by atoms with Gasteiger partial charge >= 0.3 is 0 Å². The summed E-state index contributed by atoms with van der Waals surface area (Å²) in [5.41, 5.74) is 0.544. The molecule has 70 valence electrons. The van der Waals surface area contributed by atoms with Gasteiger partial charge in [-0.05, 0) is 31.0 Å². The predicted octanol–water partition coefficient (Wildman–Crippen LogP) is 2.40. The molecule has 3 heteroatoms. The number of hydrogen-bond donors (Lipinski definition) is 0. The van der Waals surface area contributed by atoms with Crippen LogP contribution in [-0.4, -0.2) is 6.29 Å². The average molecular weight is 184 g/mol. The van der Waals surface area contributed by atoms with Crippen LogP contribution in [0.3, 0.4) is 0 Å². The molecular weight excluding hydrogens is 174 g/mol. The summed E-state index contributed by atoms with van der Waals surface area (Å²) in [5.74, 6) is -1.11. The Hall–Kier alpha value is -1.25. The van der Waals surface area contributed by atoms with Crippen LogP contribution in [0.4, 0.5) is 8.78 Å². The minimum atomic E-state index is -0.555. The Bertz CT molecular complexity index is 298. The van der Waals surface area contributed by atoms with Gasteiger partial charge in [-0.25, -0.2) is 8.78 Å². The molecule has 13 heavy (non-hydrogen) atoms. The van der Waals surface area contributed by atoms with Crippen molar-refractivity contribution in [2.24, 2.45) is 0 Å². The topological polar surface area (TPSA) is 17.1 Å². The van der Waals surface area contributed by atoms with E-state index in [-0.39, 0.29) is 5.56 Å². The van der Waals surface area contributed by atoms with Crippen LogP contribution in [0.5, 0.6) is 0 Å². The number of hydrogen-bond acceptors (Lipinski definition) is 1. The van der Waals surface area contributed by atoms with Gasteiger partial charge in [0.15, 0.2) is 0 Å². The number of carbonyl (C=O) groups is 1. The molecule has 0 atom stereocenters. The molecule has 0 aliphatic heterocycles. The molecule has 0 fully saturated rings. The molecule has 0 aliphatic carbocycles. The van der Waals surface area contributed by atoms with E-state index in [9.17, 15) is 13.6 Å². The highest BCUT2D eigenvalue weighted by molar-refractivity contribution is 5.50. The molecule has 0 saturated carbocycles. The largest absolute Gasteiger partial charge is 0.303 e. The fourth-order valence-electron chi connectivity index (χ4n) is 1.07. The van der Waals surface area contributed by atoms with Crippen LogP contribution in [0.25, 0.3) is 0 Å². The molecule has 0 spiro atoms. The van der Waals surface area contributed by atoms with E-state index >= 15 is 0 Å². The van der Waals surface area contributed by atoms with E-state index in [1.807, 2.05) is 0 Å². The summed E-state index contributed by atoms with van der Waals surface area (Å²) in [4.78, 5) is 10.0. The Morgan fingerprint density at radius 2 is 1.85 bits per heavy atom. The van der Waals surface area contributed by atoms with Gasteiger partial charge in [0.05, 0.1) is 0 Å².